The summed E-state index contributed by atoms with van der Waals surface area (Å²) < 4.78 is 30.8. The SMILES string of the molecule is Cc1coc2ccc(-c3cc(Nc4c[n+](O)ccc4S(C)(=O)=O)cc4nccnc34)cc12.[NaH]. The Kier molecular flexibility index (Phi) is 6.15. The molecule has 3 heterocycles. The number of benzene rings is 2. The van der Waals surface area contributed by atoms with Gasteiger partial charge in [-0.3, -0.25) is 15.2 Å². The molecule has 0 aliphatic carbocycles. The number of aryl methyl sites for hydroxylation is 1. The number of nitrogens with one attached hydrogen (secondary N) is 1. The maximum atomic E-state index is 12.2. The fourth-order valence-electron chi connectivity index (χ4n) is 3.74. The molecular formula is C23H20N4NaO4S+. The van der Waals surface area contributed by atoms with Crippen LogP contribution in [0.25, 0.3) is 33.1 Å². The van der Waals surface area contributed by atoms with Gasteiger partial charge in [-0.25, -0.2) is 8.42 Å². The van der Waals surface area contributed by atoms with Crippen molar-refractivity contribution in [2.45, 2.75) is 11.8 Å². The summed E-state index contributed by atoms with van der Waals surface area (Å²) >= 11 is 0. The summed E-state index contributed by atoms with van der Waals surface area (Å²) in [5, 5.41) is 14.0. The van der Waals surface area contributed by atoms with Gasteiger partial charge in [0, 0.05) is 46.1 Å². The zero-order chi connectivity index (χ0) is 22.5. The Balaban J connectivity index is 0.00000259. The Labute approximate surface area is 212 Å². The van der Waals surface area contributed by atoms with Gasteiger partial charge in [0.25, 0.3) is 0 Å². The number of fused-ring (bicyclic) bond motifs is 2. The number of pyridine rings is 1. The van der Waals surface area contributed by atoms with E-state index in [2.05, 4.69) is 15.3 Å². The van der Waals surface area contributed by atoms with Crippen LogP contribution in [0, 0.1) is 6.92 Å². The van der Waals surface area contributed by atoms with Gasteiger partial charge in [-0.2, -0.15) is 0 Å². The molecule has 0 fully saturated rings. The minimum atomic E-state index is -3.52. The van der Waals surface area contributed by atoms with Gasteiger partial charge >= 0.3 is 29.6 Å². The van der Waals surface area contributed by atoms with Crippen molar-refractivity contribution in [3.05, 3.63) is 73.0 Å². The van der Waals surface area contributed by atoms with Crippen LogP contribution in [-0.2, 0) is 9.84 Å². The molecule has 0 aliphatic heterocycles. The molecule has 3 aromatic heterocycles. The van der Waals surface area contributed by atoms with Crippen LogP contribution in [0.5, 0.6) is 0 Å². The van der Waals surface area contributed by atoms with E-state index in [0.29, 0.717) is 16.7 Å². The number of hydrogen-bond acceptors (Lipinski definition) is 7. The zero-order valence-electron chi connectivity index (χ0n) is 17.3. The molecule has 0 bridgehead atoms. The Hall–Kier alpha value is -2.98. The standard InChI is InChI=1S/C23H19N4O4S.Na.H/c1-14-13-31-21-4-3-15(9-17(14)21)18-10-16(11-19-23(18)25-7-6-24-19)26-20-12-27(28)8-5-22(20)32(2,29)30;;/h3-13,26,28H,1-2H3;;/q+1;;. The van der Waals surface area contributed by atoms with Gasteiger partial charge in [0.1, 0.15) is 16.2 Å². The molecule has 0 saturated heterocycles. The molecule has 5 rings (SSSR count). The van der Waals surface area contributed by atoms with E-state index in [4.69, 9.17) is 4.42 Å². The molecule has 0 saturated carbocycles. The summed E-state index contributed by atoms with van der Waals surface area (Å²) in [6, 6.07) is 10.9. The van der Waals surface area contributed by atoms with Gasteiger partial charge in [-0.1, -0.05) is 6.07 Å². The van der Waals surface area contributed by atoms with Gasteiger partial charge in [0.2, 0.25) is 12.4 Å². The Bertz CT molecular complexity index is 1620. The first-order valence-corrected chi connectivity index (χ1v) is 11.6. The van der Waals surface area contributed by atoms with Crippen molar-refractivity contribution in [3.8, 4) is 11.1 Å². The third-order valence-electron chi connectivity index (χ3n) is 5.24. The van der Waals surface area contributed by atoms with Gasteiger partial charge < -0.3 is 9.73 Å². The number of nitrogens with zero attached hydrogens (tertiary/aromatic N) is 3. The van der Waals surface area contributed by atoms with E-state index in [1.54, 1.807) is 24.7 Å². The van der Waals surface area contributed by atoms with Crippen LogP contribution in [0.1, 0.15) is 5.56 Å². The van der Waals surface area contributed by atoms with E-state index in [9.17, 15) is 13.6 Å². The molecule has 5 aromatic rings. The summed E-state index contributed by atoms with van der Waals surface area (Å²) in [7, 11) is -3.52. The Morgan fingerprint density at radius 3 is 2.67 bits per heavy atom. The first kappa shape index (κ1) is 23.2. The van der Waals surface area contributed by atoms with Gasteiger partial charge in [0.15, 0.2) is 9.84 Å². The molecular weight excluding hydrogens is 451 g/mol. The zero-order valence-corrected chi connectivity index (χ0v) is 18.1. The molecule has 0 atom stereocenters. The molecule has 0 unspecified atom stereocenters. The minimum absolute atomic E-state index is 0. The summed E-state index contributed by atoms with van der Waals surface area (Å²) in [5.74, 6) is 0. The molecule has 0 radical (unpaired) electrons. The fraction of sp³-hybridized carbons (Fsp3) is 0.0870. The number of anilines is 2. The van der Waals surface area contributed by atoms with E-state index >= 15 is 0 Å². The predicted octanol–water partition coefficient (Wildman–Crippen LogP) is 3.37. The second-order valence-corrected chi connectivity index (χ2v) is 9.56. The number of hydrogen-bond donors (Lipinski definition) is 2. The molecule has 2 aromatic carbocycles. The van der Waals surface area contributed by atoms with Crippen molar-refractivity contribution >= 4 is 72.8 Å². The van der Waals surface area contributed by atoms with Crippen LogP contribution in [0.4, 0.5) is 11.4 Å². The van der Waals surface area contributed by atoms with Crippen molar-refractivity contribution in [1.82, 2.24) is 9.97 Å². The van der Waals surface area contributed by atoms with Crippen LogP contribution in [0.2, 0.25) is 0 Å². The quantitative estimate of drug-likeness (QED) is 0.235. The van der Waals surface area contributed by atoms with E-state index in [-0.39, 0.29) is 40.1 Å². The summed E-state index contributed by atoms with van der Waals surface area (Å²) in [6.07, 6.45) is 8.64. The summed E-state index contributed by atoms with van der Waals surface area (Å²) in [4.78, 5) is 9.02. The normalized spacial score (nSPS) is 11.5. The molecule has 10 heteroatoms. The number of aromatic nitrogens is 3. The van der Waals surface area contributed by atoms with Gasteiger partial charge in [0.05, 0.1) is 17.3 Å². The average Bonchev–Trinajstić information content (AvgIpc) is 3.12. The van der Waals surface area contributed by atoms with E-state index in [1.165, 1.54) is 18.5 Å². The second kappa shape index (κ2) is 8.75. The van der Waals surface area contributed by atoms with Crippen LogP contribution in [-0.4, -0.2) is 59.4 Å². The van der Waals surface area contributed by atoms with E-state index in [0.717, 1.165) is 38.6 Å². The Morgan fingerprint density at radius 2 is 1.88 bits per heavy atom. The van der Waals surface area contributed by atoms with Crippen LogP contribution >= 0.6 is 0 Å². The van der Waals surface area contributed by atoms with E-state index < -0.39 is 9.84 Å². The molecule has 2 N–H and O–H groups in total. The number of sulfone groups is 1. The Morgan fingerprint density at radius 1 is 1.09 bits per heavy atom. The van der Waals surface area contributed by atoms with Crippen molar-refractivity contribution in [3.63, 3.8) is 0 Å². The van der Waals surface area contributed by atoms with E-state index in [1.807, 2.05) is 31.2 Å². The second-order valence-electron chi connectivity index (χ2n) is 7.58. The average molecular weight is 471 g/mol. The van der Waals surface area contributed by atoms with Crippen molar-refractivity contribution in [2.75, 3.05) is 11.6 Å². The fourth-order valence-corrected chi connectivity index (χ4v) is 4.55. The van der Waals surface area contributed by atoms with Crippen LogP contribution < -0.4 is 10.0 Å². The molecule has 8 nitrogen and oxygen atoms in total. The maximum absolute atomic E-state index is 12.2. The number of rotatable bonds is 4. The molecule has 33 heavy (non-hydrogen) atoms. The van der Waals surface area contributed by atoms with Gasteiger partial charge in [-0.05, 0) is 42.3 Å². The first-order chi connectivity index (χ1) is 15.3. The van der Waals surface area contributed by atoms with Crippen molar-refractivity contribution < 1.29 is 22.8 Å². The third kappa shape index (κ3) is 4.45. The monoisotopic (exact) mass is 471 g/mol. The molecule has 0 aliphatic rings. The molecule has 0 spiro atoms. The van der Waals surface area contributed by atoms with Gasteiger partial charge in [-0.15, -0.1) is 0 Å². The molecule has 162 valence electrons. The van der Waals surface area contributed by atoms with Crippen molar-refractivity contribution in [1.29, 1.82) is 0 Å². The molecule has 0 amide bonds. The first-order valence-electron chi connectivity index (χ1n) is 9.74. The topological polar surface area (TPSA) is 109 Å². The predicted molar refractivity (Wildman–Crippen MR) is 127 cm³/mol. The van der Waals surface area contributed by atoms with Crippen LogP contribution in [0.15, 0.2) is 76.8 Å². The number of furan rings is 1. The summed E-state index contributed by atoms with van der Waals surface area (Å²) in [5.41, 5.74) is 5.78. The van der Waals surface area contributed by atoms with Crippen LogP contribution in [0.3, 0.4) is 0 Å². The third-order valence-corrected chi connectivity index (χ3v) is 6.39. The van der Waals surface area contributed by atoms with Crippen molar-refractivity contribution in [2.24, 2.45) is 0 Å². The summed E-state index contributed by atoms with van der Waals surface area (Å²) in [6.45, 7) is 1.98.